The first-order chi connectivity index (χ1) is 25.3. The van der Waals surface area contributed by atoms with Gasteiger partial charge in [0.2, 0.25) is 0 Å². The molecule has 1 aliphatic rings. The van der Waals surface area contributed by atoms with Gasteiger partial charge in [-0.15, -0.1) is 11.3 Å². The standard InChI is InChI=1S/C50H30S/c1-4-15-31(16-5-1)34-29-42(50-43(30-34)36-21-12-13-26-44(36)51-50)35-27-28-41-47-37(35)24-14-25-40(47)48-45(32-17-6-2-7-18-32)38-22-10-11-23-39(38)46(49(41)48)33-19-8-3-9-20-33/h1-30H. The number of hydrogen-bond donors (Lipinski definition) is 0. The number of thiophene rings is 1. The van der Waals surface area contributed by atoms with Crippen LogP contribution in [0.25, 0.3) is 108 Å². The Balaban J connectivity index is 1.28. The average molecular weight is 663 g/mol. The maximum absolute atomic E-state index is 2.43. The van der Waals surface area contributed by atoms with Gasteiger partial charge in [0, 0.05) is 25.7 Å². The Kier molecular flexibility index (Phi) is 6.22. The second kappa shape index (κ2) is 11.1. The van der Waals surface area contributed by atoms with Crippen LogP contribution in [0.1, 0.15) is 0 Å². The molecule has 0 amide bonds. The van der Waals surface area contributed by atoms with Crippen molar-refractivity contribution < 1.29 is 0 Å². The maximum atomic E-state index is 2.43. The molecular weight excluding hydrogens is 633 g/mol. The van der Waals surface area contributed by atoms with Gasteiger partial charge in [0.25, 0.3) is 0 Å². The molecule has 9 aromatic carbocycles. The predicted molar refractivity (Wildman–Crippen MR) is 221 cm³/mol. The van der Waals surface area contributed by atoms with Crippen LogP contribution in [-0.2, 0) is 0 Å². The van der Waals surface area contributed by atoms with E-state index in [4.69, 9.17) is 0 Å². The van der Waals surface area contributed by atoms with E-state index in [-0.39, 0.29) is 0 Å². The maximum Gasteiger partial charge on any atom is 0.0434 e. The quantitative estimate of drug-likeness (QED) is 0.176. The molecule has 0 atom stereocenters. The third kappa shape index (κ3) is 4.19. The van der Waals surface area contributed by atoms with E-state index in [0.29, 0.717) is 0 Å². The average Bonchev–Trinajstić information content (AvgIpc) is 3.74. The molecule has 11 rings (SSSR count). The van der Waals surface area contributed by atoms with Crippen LogP contribution in [-0.4, -0.2) is 0 Å². The summed E-state index contributed by atoms with van der Waals surface area (Å²) in [5, 5.41) is 7.85. The first-order valence-electron chi connectivity index (χ1n) is 17.6. The summed E-state index contributed by atoms with van der Waals surface area (Å²) in [5.41, 5.74) is 15.5. The fourth-order valence-corrected chi connectivity index (χ4v) is 9.88. The van der Waals surface area contributed by atoms with E-state index < -0.39 is 0 Å². The Morgan fingerprint density at radius 2 is 0.784 bits per heavy atom. The van der Waals surface area contributed by atoms with Crippen LogP contribution in [0.4, 0.5) is 0 Å². The van der Waals surface area contributed by atoms with E-state index in [1.54, 1.807) is 0 Å². The molecule has 0 fully saturated rings. The number of hydrogen-bond acceptors (Lipinski definition) is 1. The Bertz CT molecular complexity index is 2900. The summed E-state index contributed by atoms with van der Waals surface area (Å²) in [7, 11) is 0. The van der Waals surface area contributed by atoms with E-state index in [0.717, 1.165) is 0 Å². The molecule has 0 aliphatic heterocycles. The van der Waals surface area contributed by atoms with Crippen molar-refractivity contribution in [3.63, 3.8) is 0 Å². The monoisotopic (exact) mass is 662 g/mol. The molecule has 10 aromatic rings. The van der Waals surface area contributed by atoms with Crippen molar-refractivity contribution in [3.8, 4) is 66.8 Å². The Morgan fingerprint density at radius 3 is 1.43 bits per heavy atom. The van der Waals surface area contributed by atoms with Gasteiger partial charge in [-0.25, -0.2) is 0 Å². The molecule has 0 saturated carbocycles. The Labute approximate surface area is 300 Å². The minimum absolute atomic E-state index is 1.24. The topological polar surface area (TPSA) is 0 Å². The van der Waals surface area contributed by atoms with Gasteiger partial charge in [-0.05, 0) is 101 Å². The van der Waals surface area contributed by atoms with Crippen molar-refractivity contribution in [2.75, 3.05) is 0 Å². The highest BCUT2D eigenvalue weighted by Gasteiger charge is 2.31. The third-order valence-corrected chi connectivity index (χ3v) is 12.0. The zero-order valence-corrected chi connectivity index (χ0v) is 28.5. The summed E-state index contributed by atoms with van der Waals surface area (Å²) < 4.78 is 2.66. The number of benzene rings is 9. The summed E-state index contributed by atoms with van der Waals surface area (Å²) in [6.45, 7) is 0. The molecule has 51 heavy (non-hydrogen) atoms. The minimum atomic E-state index is 1.24. The van der Waals surface area contributed by atoms with Gasteiger partial charge in [0.05, 0.1) is 0 Å². The predicted octanol–water partition coefficient (Wildman–Crippen LogP) is 14.7. The van der Waals surface area contributed by atoms with E-state index in [1.807, 2.05) is 11.3 Å². The highest BCUT2D eigenvalue weighted by Crippen LogP contribution is 2.59. The van der Waals surface area contributed by atoms with Crippen molar-refractivity contribution >= 4 is 53.1 Å². The molecule has 0 unspecified atom stereocenters. The fraction of sp³-hybridized carbons (Fsp3) is 0. The molecule has 0 saturated heterocycles. The van der Waals surface area contributed by atoms with Gasteiger partial charge in [-0.1, -0.05) is 164 Å². The van der Waals surface area contributed by atoms with Crippen molar-refractivity contribution in [2.24, 2.45) is 0 Å². The second-order valence-electron chi connectivity index (χ2n) is 13.5. The highest BCUT2D eigenvalue weighted by atomic mass is 32.1. The minimum Gasteiger partial charge on any atom is -0.135 e. The summed E-state index contributed by atoms with van der Waals surface area (Å²) in [6, 6.07) is 67.3. The molecule has 1 heterocycles. The first kappa shape index (κ1) is 28.5. The van der Waals surface area contributed by atoms with Gasteiger partial charge in [0.1, 0.15) is 0 Å². The van der Waals surface area contributed by atoms with Crippen LogP contribution in [0.2, 0.25) is 0 Å². The first-order valence-corrected chi connectivity index (χ1v) is 18.4. The van der Waals surface area contributed by atoms with Crippen molar-refractivity contribution in [2.45, 2.75) is 0 Å². The molecule has 1 aliphatic carbocycles. The van der Waals surface area contributed by atoms with E-state index >= 15 is 0 Å². The number of fused-ring (bicyclic) bond motifs is 7. The second-order valence-corrected chi connectivity index (χ2v) is 14.6. The van der Waals surface area contributed by atoms with Crippen molar-refractivity contribution in [1.29, 1.82) is 0 Å². The van der Waals surface area contributed by atoms with Crippen LogP contribution in [0.5, 0.6) is 0 Å². The lowest BCUT2D eigenvalue weighted by Gasteiger charge is -2.20. The van der Waals surface area contributed by atoms with E-state index in [1.165, 1.54) is 108 Å². The van der Waals surface area contributed by atoms with Gasteiger partial charge in [-0.3, -0.25) is 0 Å². The van der Waals surface area contributed by atoms with Gasteiger partial charge in [0.15, 0.2) is 0 Å². The summed E-state index contributed by atoms with van der Waals surface area (Å²) in [5.74, 6) is 0. The van der Waals surface area contributed by atoms with Crippen LogP contribution in [0.15, 0.2) is 182 Å². The zero-order valence-electron chi connectivity index (χ0n) is 27.7. The lowest BCUT2D eigenvalue weighted by molar-refractivity contribution is 1.62. The summed E-state index contributed by atoms with van der Waals surface area (Å²) in [6.07, 6.45) is 0. The normalized spacial score (nSPS) is 11.9. The van der Waals surface area contributed by atoms with Gasteiger partial charge < -0.3 is 0 Å². The highest BCUT2D eigenvalue weighted by molar-refractivity contribution is 7.26. The van der Waals surface area contributed by atoms with Gasteiger partial charge in [-0.2, -0.15) is 0 Å². The number of rotatable bonds is 4. The molecule has 0 bridgehead atoms. The van der Waals surface area contributed by atoms with Crippen LogP contribution in [0, 0.1) is 0 Å². The molecular formula is C50H30S. The zero-order chi connectivity index (χ0) is 33.5. The molecule has 0 radical (unpaired) electrons. The van der Waals surface area contributed by atoms with Crippen molar-refractivity contribution in [3.05, 3.63) is 182 Å². The Morgan fingerprint density at radius 1 is 0.275 bits per heavy atom. The molecule has 0 nitrogen and oxygen atoms in total. The van der Waals surface area contributed by atoms with E-state index in [2.05, 4.69) is 182 Å². The summed E-state index contributed by atoms with van der Waals surface area (Å²) in [4.78, 5) is 0. The molecule has 1 heteroatoms. The third-order valence-electron chi connectivity index (χ3n) is 10.8. The smallest absolute Gasteiger partial charge is 0.0434 e. The largest absolute Gasteiger partial charge is 0.135 e. The van der Waals surface area contributed by atoms with Crippen LogP contribution >= 0.6 is 11.3 Å². The van der Waals surface area contributed by atoms with Crippen LogP contribution in [0.3, 0.4) is 0 Å². The van der Waals surface area contributed by atoms with Crippen molar-refractivity contribution in [1.82, 2.24) is 0 Å². The molecule has 236 valence electrons. The SMILES string of the molecule is c1ccc(-c2cc(-c3ccc4c5c(cccc35)-c3c-4c(-c4ccccc4)c4ccccc4c3-c3ccccc3)c3sc4ccccc4c3c2)cc1. The molecule has 1 aromatic heterocycles. The Hall–Kier alpha value is -6.28. The van der Waals surface area contributed by atoms with Gasteiger partial charge >= 0.3 is 0 Å². The summed E-state index contributed by atoms with van der Waals surface area (Å²) >= 11 is 1.91. The molecule has 0 N–H and O–H groups in total. The van der Waals surface area contributed by atoms with E-state index in [9.17, 15) is 0 Å². The lowest BCUT2D eigenvalue weighted by Crippen LogP contribution is -1.93. The van der Waals surface area contributed by atoms with Crippen LogP contribution < -0.4 is 0 Å². The molecule has 0 spiro atoms. The fourth-order valence-electron chi connectivity index (χ4n) is 8.67. The lowest BCUT2D eigenvalue weighted by atomic mass is 9.82.